The van der Waals surface area contributed by atoms with Gasteiger partial charge >= 0.3 is 0 Å². The summed E-state index contributed by atoms with van der Waals surface area (Å²) in [7, 11) is 0. The average molecular weight is 239 g/mol. The van der Waals surface area contributed by atoms with Gasteiger partial charge in [-0.1, -0.05) is 18.2 Å². The van der Waals surface area contributed by atoms with Crippen LogP contribution in [0.15, 0.2) is 55.1 Å². The Kier molecular flexibility index (Phi) is 2.71. The van der Waals surface area contributed by atoms with Crippen LogP contribution in [0.25, 0.3) is 21.8 Å². The van der Waals surface area contributed by atoms with Crippen LogP contribution in [0.5, 0.6) is 0 Å². The van der Waals surface area contributed by atoms with Crippen molar-refractivity contribution in [3.63, 3.8) is 0 Å². The second kappa shape index (κ2) is 4.67. The van der Waals surface area contributed by atoms with Crippen molar-refractivity contribution in [2.45, 2.75) is 0 Å². The van der Waals surface area contributed by atoms with Crippen molar-refractivity contribution in [1.82, 2.24) is 25.4 Å². The number of para-hydroxylation sites is 1. The van der Waals surface area contributed by atoms with Gasteiger partial charge in [0.15, 0.2) is 0 Å². The lowest BCUT2D eigenvalue weighted by Crippen LogP contribution is -1.69. The number of benzene rings is 1. The summed E-state index contributed by atoms with van der Waals surface area (Å²) in [4.78, 5) is 3.91. The first kappa shape index (κ1) is 10.5. The fourth-order valence-electron chi connectivity index (χ4n) is 1.67. The zero-order valence-corrected chi connectivity index (χ0v) is 9.54. The fourth-order valence-corrected chi connectivity index (χ4v) is 1.67. The van der Waals surface area contributed by atoms with Gasteiger partial charge in [0.2, 0.25) is 0 Å². The Balaban J connectivity index is 0.000000133. The zero-order chi connectivity index (χ0) is 12.2. The van der Waals surface area contributed by atoms with E-state index >= 15 is 0 Å². The van der Waals surface area contributed by atoms with Gasteiger partial charge in [0.25, 0.3) is 0 Å². The van der Waals surface area contributed by atoms with Gasteiger partial charge in [-0.25, -0.2) is 0 Å². The topological polar surface area (TPSA) is 70.2 Å². The first-order chi connectivity index (χ1) is 8.93. The smallest absolute Gasteiger partial charge is 0.0833 e. The van der Waals surface area contributed by atoms with E-state index in [-0.39, 0.29) is 1.43 Å². The molecule has 3 heterocycles. The third kappa shape index (κ3) is 2.06. The van der Waals surface area contributed by atoms with E-state index in [9.17, 15) is 0 Å². The summed E-state index contributed by atoms with van der Waals surface area (Å²) in [5.41, 5.74) is 2.08. The number of nitrogens with zero attached hydrogens (tertiary/aromatic N) is 3. The summed E-state index contributed by atoms with van der Waals surface area (Å²) in [6.07, 6.45) is 7.09. The largest absolute Gasteiger partial charge is 0.278 e. The van der Waals surface area contributed by atoms with Crippen molar-refractivity contribution in [2.75, 3.05) is 0 Å². The number of nitrogens with one attached hydrogen (secondary N) is 2. The highest BCUT2D eigenvalue weighted by atomic mass is 15.1. The van der Waals surface area contributed by atoms with Crippen molar-refractivity contribution >= 4 is 21.8 Å². The molecule has 4 aromatic rings. The SMILES string of the molecule is [HH].c1cc2cn[nH]c2cn1.c1ccc2[nH]ncc2c1. The molecule has 3 aromatic heterocycles. The summed E-state index contributed by atoms with van der Waals surface area (Å²) in [5.74, 6) is 0. The Morgan fingerprint density at radius 2 is 1.50 bits per heavy atom. The van der Waals surface area contributed by atoms with E-state index < -0.39 is 0 Å². The summed E-state index contributed by atoms with van der Waals surface area (Å²) in [6.45, 7) is 0. The van der Waals surface area contributed by atoms with E-state index in [2.05, 4.69) is 25.4 Å². The molecule has 0 spiro atoms. The van der Waals surface area contributed by atoms with Gasteiger partial charge in [-0.15, -0.1) is 0 Å². The van der Waals surface area contributed by atoms with Gasteiger partial charge in [0, 0.05) is 18.4 Å². The van der Waals surface area contributed by atoms with Gasteiger partial charge in [0.05, 0.1) is 29.6 Å². The molecule has 0 atom stereocenters. The van der Waals surface area contributed by atoms with Crippen molar-refractivity contribution < 1.29 is 1.43 Å². The lowest BCUT2D eigenvalue weighted by molar-refractivity contribution is 1.11. The summed E-state index contributed by atoms with van der Waals surface area (Å²) < 4.78 is 0. The number of hydrogen-bond acceptors (Lipinski definition) is 3. The van der Waals surface area contributed by atoms with Crippen LogP contribution in [0.1, 0.15) is 1.43 Å². The molecule has 0 saturated carbocycles. The number of rotatable bonds is 0. The molecule has 5 nitrogen and oxygen atoms in total. The molecule has 2 N–H and O–H groups in total. The van der Waals surface area contributed by atoms with E-state index in [1.807, 2.05) is 36.5 Å². The minimum atomic E-state index is 0. The van der Waals surface area contributed by atoms with Crippen molar-refractivity contribution in [3.8, 4) is 0 Å². The lowest BCUT2D eigenvalue weighted by atomic mass is 10.3. The monoisotopic (exact) mass is 239 g/mol. The normalized spacial score (nSPS) is 10.2. The first-order valence-electron chi connectivity index (χ1n) is 5.55. The molecule has 5 heteroatoms. The van der Waals surface area contributed by atoms with Crippen LogP contribution in [0, 0.1) is 0 Å². The van der Waals surface area contributed by atoms with Gasteiger partial charge in [-0.05, 0) is 12.1 Å². The lowest BCUT2D eigenvalue weighted by Gasteiger charge is -1.81. The number of hydrogen-bond donors (Lipinski definition) is 2. The molecule has 0 amide bonds. The van der Waals surface area contributed by atoms with Crippen LogP contribution in [0.3, 0.4) is 0 Å². The number of fused-ring (bicyclic) bond motifs is 2. The molecule has 0 aliphatic rings. The van der Waals surface area contributed by atoms with Crippen molar-refractivity contribution in [2.24, 2.45) is 0 Å². The third-order valence-electron chi connectivity index (χ3n) is 2.59. The second-order valence-electron chi connectivity index (χ2n) is 3.79. The quantitative estimate of drug-likeness (QED) is 0.495. The molecule has 0 saturated heterocycles. The molecular formula is C13H13N5. The van der Waals surface area contributed by atoms with E-state index in [0.717, 1.165) is 21.8 Å². The Bertz CT molecular complexity index is 635. The molecule has 0 fully saturated rings. The second-order valence-corrected chi connectivity index (χ2v) is 3.79. The molecule has 0 aliphatic carbocycles. The minimum absolute atomic E-state index is 0. The molecule has 0 bridgehead atoms. The Labute approximate surface area is 104 Å². The Morgan fingerprint density at radius 3 is 2.28 bits per heavy atom. The predicted octanol–water partition coefficient (Wildman–Crippen LogP) is 2.77. The molecular weight excluding hydrogens is 226 g/mol. The maximum absolute atomic E-state index is 3.91. The van der Waals surface area contributed by atoms with Gasteiger partial charge < -0.3 is 0 Å². The van der Waals surface area contributed by atoms with Crippen LogP contribution in [0.2, 0.25) is 0 Å². The summed E-state index contributed by atoms with van der Waals surface area (Å²) in [6, 6.07) is 9.93. The molecule has 90 valence electrons. The van der Waals surface area contributed by atoms with E-state index in [4.69, 9.17) is 0 Å². The van der Waals surface area contributed by atoms with Crippen molar-refractivity contribution in [3.05, 3.63) is 55.1 Å². The van der Waals surface area contributed by atoms with Crippen LogP contribution in [-0.2, 0) is 0 Å². The summed E-state index contributed by atoms with van der Waals surface area (Å²) in [5, 5.41) is 15.7. The molecule has 1 aromatic carbocycles. The number of aromatic nitrogens is 5. The Hall–Kier alpha value is -2.69. The summed E-state index contributed by atoms with van der Waals surface area (Å²) >= 11 is 0. The maximum atomic E-state index is 3.91. The number of pyridine rings is 1. The third-order valence-corrected chi connectivity index (χ3v) is 2.59. The van der Waals surface area contributed by atoms with E-state index in [0.29, 0.717) is 0 Å². The van der Waals surface area contributed by atoms with Crippen LogP contribution >= 0.6 is 0 Å². The van der Waals surface area contributed by atoms with E-state index in [1.54, 1.807) is 18.6 Å². The maximum Gasteiger partial charge on any atom is 0.0833 e. The highest BCUT2D eigenvalue weighted by Crippen LogP contribution is 2.07. The van der Waals surface area contributed by atoms with E-state index in [1.165, 1.54) is 0 Å². The molecule has 0 aliphatic heterocycles. The fraction of sp³-hybridized carbons (Fsp3) is 0. The number of aromatic amines is 2. The highest BCUT2D eigenvalue weighted by Gasteiger charge is 1.89. The highest BCUT2D eigenvalue weighted by molar-refractivity contribution is 5.77. The number of H-pyrrole nitrogens is 2. The van der Waals surface area contributed by atoms with Crippen molar-refractivity contribution in [1.29, 1.82) is 0 Å². The van der Waals surface area contributed by atoms with Gasteiger partial charge in [0.1, 0.15) is 0 Å². The predicted molar refractivity (Wildman–Crippen MR) is 72.1 cm³/mol. The van der Waals surface area contributed by atoms with Crippen LogP contribution < -0.4 is 0 Å². The van der Waals surface area contributed by atoms with Gasteiger partial charge in [-0.2, -0.15) is 10.2 Å². The average Bonchev–Trinajstić information content (AvgIpc) is 3.08. The van der Waals surface area contributed by atoms with Crippen LogP contribution in [-0.4, -0.2) is 25.4 Å². The molecule has 4 rings (SSSR count). The minimum Gasteiger partial charge on any atom is -0.278 e. The molecule has 0 unspecified atom stereocenters. The Morgan fingerprint density at radius 1 is 0.778 bits per heavy atom. The van der Waals surface area contributed by atoms with Gasteiger partial charge in [-0.3, -0.25) is 15.2 Å². The van der Waals surface area contributed by atoms with Crippen LogP contribution in [0.4, 0.5) is 0 Å². The first-order valence-corrected chi connectivity index (χ1v) is 5.55. The zero-order valence-electron chi connectivity index (χ0n) is 9.54. The molecule has 0 radical (unpaired) electrons. The molecule has 18 heavy (non-hydrogen) atoms. The standard InChI is InChI=1S/C7H6N2.C6H5N3.H2/c1-2-4-7-6(3-1)5-8-9-7;1-2-7-4-6-5(1)3-8-9-6;/h1-5H,(H,8,9);1-4H,(H,8,9);1H.